The van der Waals surface area contributed by atoms with Gasteiger partial charge in [-0.1, -0.05) is 11.6 Å². The first-order valence-electron chi connectivity index (χ1n) is 7.06. The standard InChI is InChI=1S/C8H10ClN5O.C5H10O2/c1-4(2)15-8-12-6(9)5-3-11-7(10)13-14(5)8;6-5-2-1-3-7-4-5/h3-4H,1-2H3,(H2,10,13);5-6H,1-4H2. The van der Waals surface area contributed by atoms with Gasteiger partial charge in [-0.05, 0) is 26.7 Å². The molecule has 0 radical (unpaired) electrons. The summed E-state index contributed by atoms with van der Waals surface area (Å²) >= 11 is 5.88. The molecule has 1 saturated heterocycles. The Bertz CT molecular complexity index is 613. The van der Waals surface area contributed by atoms with Crippen molar-refractivity contribution in [3.8, 4) is 6.01 Å². The monoisotopic (exact) mass is 329 g/mol. The molecule has 1 unspecified atom stereocenters. The van der Waals surface area contributed by atoms with Crippen LogP contribution in [-0.4, -0.2) is 50.1 Å². The van der Waals surface area contributed by atoms with Gasteiger partial charge in [0.05, 0.1) is 25.0 Å². The van der Waals surface area contributed by atoms with Crippen LogP contribution in [0.4, 0.5) is 5.95 Å². The van der Waals surface area contributed by atoms with Crippen LogP contribution in [0.25, 0.3) is 5.52 Å². The molecule has 1 aliphatic heterocycles. The quantitative estimate of drug-likeness (QED) is 0.855. The maximum absolute atomic E-state index is 8.78. The highest BCUT2D eigenvalue weighted by atomic mass is 35.5. The molecule has 0 bridgehead atoms. The van der Waals surface area contributed by atoms with E-state index in [1.807, 2.05) is 13.8 Å². The predicted molar refractivity (Wildman–Crippen MR) is 82.0 cm³/mol. The summed E-state index contributed by atoms with van der Waals surface area (Å²) in [6, 6.07) is 0.319. The van der Waals surface area contributed by atoms with E-state index in [9.17, 15) is 0 Å². The minimum atomic E-state index is -0.186. The number of aromatic nitrogens is 4. The Hall–Kier alpha value is -1.64. The van der Waals surface area contributed by atoms with Crippen molar-refractivity contribution in [2.45, 2.75) is 38.9 Å². The first kappa shape index (κ1) is 16.7. The molecule has 3 heterocycles. The van der Waals surface area contributed by atoms with Crippen LogP contribution >= 0.6 is 11.6 Å². The molecule has 0 aromatic carbocycles. The van der Waals surface area contributed by atoms with Gasteiger partial charge in [-0.15, -0.1) is 5.10 Å². The van der Waals surface area contributed by atoms with Gasteiger partial charge in [0, 0.05) is 6.61 Å². The number of hydrogen-bond donors (Lipinski definition) is 2. The Morgan fingerprint density at radius 2 is 2.32 bits per heavy atom. The maximum atomic E-state index is 8.78. The summed E-state index contributed by atoms with van der Waals surface area (Å²) in [5, 5.41) is 13.0. The van der Waals surface area contributed by atoms with E-state index < -0.39 is 0 Å². The summed E-state index contributed by atoms with van der Waals surface area (Å²) < 4.78 is 11.8. The van der Waals surface area contributed by atoms with Gasteiger partial charge in [-0.3, -0.25) is 0 Å². The first-order valence-corrected chi connectivity index (χ1v) is 7.44. The minimum absolute atomic E-state index is 0.0112. The lowest BCUT2D eigenvalue weighted by molar-refractivity contribution is -0.00535. The number of ether oxygens (including phenoxy) is 2. The number of halogens is 1. The number of imidazole rings is 1. The molecule has 0 saturated carbocycles. The van der Waals surface area contributed by atoms with Crippen molar-refractivity contribution in [2.24, 2.45) is 0 Å². The third kappa shape index (κ3) is 4.43. The molecule has 122 valence electrons. The van der Waals surface area contributed by atoms with Gasteiger partial charge in [0.15, 0.2) is 5.15 Å². The second-order valence-corrected chi connectivity index (χ2v) is 5.49. The largest absolute Gasteiger partial charge is 0.461 e. The number of fused-ring (bicyclic) bond motifs is 1. The Labute approximate surface area is 133 Å². The van der Waals surface area contributed by atoms with Crippen LogP contribution in [0.3, 0.4) is 0 Å². The number of nitrogen functional groups attached to an aromatic ring is 1. The van der Waals surface area contributed by atoms with E-state index in [0.717, 1.165) is 19.4 Å². The van der Waals surface area contributed by atoms with Crippen molar-refractivity contribution in [2.75, 3.05) is 18.9 Å². The van der Waals surface area contributed by atoms with Gasteiger partial charge in [-0.25, -0.2) is 4.98 Å². The third-order valence-electron chi connectivity index (χ3n) is 2.81. The number of aliphatic hydroxyl groups excluding tert-OH is 1. The zero-order chi connectivity index (χ0) is 16.1. The summed E-state index contributed by atoms with van der Waals surface area (Å²) in [6.45, 7) is 5.15. The van der Waals surface area contributed by atoms with Crippen molar-refractivity contribution < 1.29 is 14.6 Å². The third-order valence-corrected chi connectivity index (χ3v) is 3.09. The second kappa shape index (κ2) is 7.57. The van der Waals surface area contributed by atoms with Gasteiger partial charge in [0.25, 0.3) is 0 Å². The fraction of sp³-hybridized carbons (Fsp3) is 0.615. The normalized spacial score (nSPS) is 18.1. The molecule has 0 amide bonds. The van der Waals surface area contributed by atoms with E-state index in [1.54, 1.807) is 0 Å². The van der Waals surface area contributed by atoms with Gasteiger partial charge >= 0.3 is 6.01 Å². The van der Waals surface area contributed by atoms with E-state index in [0.29, 0.717) is 23.3 Å². The molecule has 1 fully saturated rings. The molecule has 2 aromatic rings. The maximum Gasteiger partial charge on any atom is 0.320 e. The fourth-order valence-corrected chi connectivity index (χ4v) is 2.05. The summed E-state index contributed by atoms with van der Waals surface area (Å²) in [7, 11) is 0. The molecule has 9 heteroatoms. The average molecular weight is 330 g/mol. The van der Waals surface area contributed by atoms with E-state index in [4.69, 9.17) is 31.9 Å². The summed E-state index contributed by atoms with van der Waals surface area (Å²) in [5.74, 6) is 0.144. The van der Waals surface area contributed by atoms with Crippen molar-refractivity contribution in [3.63, 3.8) is 0 Å². The van der Waals surface area contributed by atoms with Crippen LogP contribution in [0.5, 0.6) is 6.01 Å². The number of hydrogen-bond acceptors (Lipinski definition) is 7. The highest BCUT2D eigenvalue weighted by molar-refractivity contribution is 6.32. The molecule has 0 spiro atoms. The van der Waals surface area contributed by atoms with Crippen LogP contribution < -0.4 is 10.5 Å². The zero-order valence-electron chi connectivity index (χ0n) is 12.6. The van der Waals surface area contributed by atoms with Crippen LogP contribution in [0.1, 0.15) is 26.7 Å². The molecule has 1 atom stereocenters. The van der Waals surface area contributed by atoms with Crippen LogP contribution in [0.2, 0.25) is 5.15 Å². The molecule has 1 aliphatic rings. The summed E-state index contributed by atoms with van der Waals surface area (Å²) in [5.41, 5.74) is 6.03. The molecular weight excluding hydrogens is 310 g/mol. The zero-order valence-corrected chi connectivity index (χ0v) is 13.3. The van der Waals surface area contributed by atoms with Gasteiger partial charge < -0.3 is 20.3 Å². The van der Waals surface area contributed by atoms with E-state index >= 15 is 0 Å². The molecular formula is C13H20ClN5O3. The number of anilines is 1. The lowest BCUT2D eigenvalue weighted by atomic mass is 10.2. The van der Waals surface area contributed by atoms with Crippen molar-refractivity contribution in [1.82, 2.24) is 19.6 Å². The number of nitrogens with two attached hydrogens (primary N) is 1. The van der Waals surface area contributed by atoms with Crippen molar-refractivity contribution >= 4 is 23.1 Å². The van der Waals surface area contributed by atoms with E-state index in [1.165, 1.54) is 10.7 Å². The molecule has 8 nitrogen and oxygen atoms in total. The Morgan fingerprint density at radius 3 is 2.86 bits per heavy atom. The van der Waals surface area contributed by atoms with Crippen LogP contribution in [-0.2, 0) is 4.74 Å². The van der Waals surface area contributed by atoms with E-state index in [-0.39, 0.29) is 18.2 Å². The number of aliphatic hydroxyl groups is 1. The van der Waals surface area contributed by atoms with Crippen molar-refractivity contribution in [1.29, 1.82) is 0 Å². The van der Waals surface area contributed by atoms with Gasteiger partial charge in [-0.2, -0.15) is 9.50 Å². The Balaban J connectivity index is 0.000000211. The Morgan fingerprint density at radius 1 is 1.55 bits per heavy atom. The molecule has 22 heavy (non-hydrogen) atoms. The van der Waals surface area contributed by atoms with Gasteiger partial charge in [0.2, 0.25) is 5.95 Å². The van der Waals surface area contributed by atoms with Crippen LogP contribution in [0, 0.1) is 0 Å². The van der Waals surface area contributed by atoms with Crippen LogP contribution in [0.15, 0.2) is 6.20 Å². The number of rotatable bonds is 2. The minimum Gasteiger partial charge on any atom is -0.461 e. The van der Waals surface area contributed by atoms with Gasteiger partial charge in [0.1, 0.15) is 5.52 Å². The predicted octanol–water partition coefficient (Wildman–Crippen LogP) is 1.30. The second-order valence-electron chi connectivity index (χ2n) is 5.14. The summed E-state index contributed by atoms with van der Waals surface area (Å²) in [4.78, 5) is 7.85. The average Bonchev–Trinajstić information content (AvgIpc) is 2.75. The number of nitrogens with zero attached hydrogens (tertiary/aromatic N) is 4. The highest BCUT2D eigenvalue weighted by Gasteiger charge is 2.13. The van der Waals surface area contributed by atoms with Crippen molar-refractivity contribution in [3.05, 3.63) is 11.3 Å². The highest BCUT2D eigenvalue weighted by Crippen LogP contribution is 2.21. The van der Waals surface area contributed by atoms with E-state index in [2.05, 4.69) is 15.1 Å². The Kier molecular flexibility index (Phi) is 5.76. The molecule has 2 aromatic heterocycles. The fourth-order valence-electron chi connectivity index (χ4n) is 1.85. The lowest BCUT2D eigenvalue weighted by Crippen LogP contribution is -2.21. The SMILES string of the molecule is CC(C)Oc1nc(Cl)c2cnc(N)nn12.OC1CCCOC1. The molecule has 0 aliphatic carbocycles. The smallest absolute Gasteiger partial charge is 0.320 e. The summed E-state index contributed by atoms with van der Waals surface area (Å²) in [6.07, 6.45) is 3.24. The first-order chi connectivity index (χ1) is 10.5. The molecule has 3 rings (SSSR count). The lowest BCUT2D eigenvalue weighted by Gasteiger charge is -2.15. The topological polar surface area (TPSA) is 108 Å². The molecule has 3 N–H and O–H groups in total.